The van der Waals surface area contributed by atoms with Crippen LogP contribution >= 0.6 is 11.6 Å². The summed E-state index contributed by atoms with van der Waals surface area (Å²) in [6, 6.07) is 15.1. The molecule has 0 amide bonds. The Morgan fingerprint density at radius 2 is 1.71 bits per heavy atom. The maximum atomic E-state index is 13.9. The second kappa shape index (κ2) is 7.58. The van der Waals surface area contributed by atoms with Crippen LogP contribution < -0.4 is 5.32 Å². The van der Waals surface area contributed by atoms with Crippen molar-refractivity contribution in [3.05, 3.63) is 70.5 Å². The predicted molar refractivity (Wildman–Crippen MR) is 87.4 cm³/mol. The Kier molecular flexibility index (Phi) is 5.77. The zero-order chi connectivity index (χ0) is 15.2. The van der Waals surface area contributed by atoms with Crippen LogP contribution in [0.1, 0.15) is 30.9 Å². The van der Waals surface area contributed by atoms with Gasteiger partial charge in [0.1, 0.15) is 5.82 Å². The number of benzene rings is 2. The minimum absolute atomic E-state index is 0.151. The van der Waals surface area contributed by atoms with E-state index < -0.39 is 0 Å². The molecular weight excluding hydrogens is 285 g/mol. The molecule has 0 saturated carbocycles. The quantitative estimate of drug-likeness (QED) is 0.808. The highest BCUT2D eigenvalue weighted by Gasteiger charge is 2.17. The molecule has 0 heterocycles. The van der Waals surface area contributed by atoms with E-state index in [9.17, 15) is 4.39 Å². The molecule has 21 heavy (non-hydrogen) atoms. The fourth-order valence-corrected chi connectivity index (χ4v) is 2.70. The summed E-state index contributed by atoms with van der Waals surface area (Å²) in [4.78, 5) is 0. The van der Waals surface area contributed by atoms with Crippen LogP contribution in [0.2, 0.25) is 5.02 Å². The number of nitrogens with one attached hydrogen (secondary N) is 1. The summed E-state index contributed by atoms with van der Waals surface area (Å²) in [5, 5.41) is 4.17. The van der Waals surface area contributed by atoms with Crippen molar-refractivity contribution in [2.24, 2.45) is 0 Å². The molecule has 1 N–H and O–H groups in total. The van der Waals surface area contributed by atoms with E-state index in [4.69, 9.17) is 11.6 Å². The van der Waals surface area contributed by atoms with E-state index in [1.807, 2.05) is 36.4 Å². The molecule has 2 aromatic carbocycles. The fourth-order valence-electron chi connectivity index (χ4n) is 2.41. The smallest absolute Gasteiger partial charge is 0.126 e. The molecule has 112 valence electrons. The predicted octanol–water partition coefficient (Wildman–Crippen LogP) is 4.80. The Balaban J connectivity index is 2.24. The molecule has 1 nitrogen and oxygen atoms in total. The minimum atomic E-state index is -0.154. The lowest BCUT2D eigenvalue weighted by molar-refractivity contribution is 0.517. The molecular formula is C18H21ClFN. The van der Waals surface area contributed by atoms with Gasteiger partial charge in [0.15, 0.2) is 0 Å². The second-order valence-electron chi connectivity index (χ2n) is 5.58. The zero-order valence-corrected chi connectivity index (χ0v) is 13.2. The fraction of sp³-hybridized carbons (Fsp3) is 0.333. The summed E-state index contributed by atoms with van der Waals surface area (Å²) in [7, 11) is 0. The molecule has 3 heteroatoms. The number of halogens is 2. The van der Waals surface area contributed by atoms with E-state index in [-0.39, 0.29) is 11.7 Å². The van der Waals surface area contributed by atoms with Crippen molar-refractivity contribution in [2.45, 2.75) is 32.2 Å². The number of rotatable bonds is 6. The van der Waals surface area contributed by atoms with Gasteiger partial charge < -0.3 is 5.32 Å². The molecule has 0 saturated heterocycles. The zero-order valence-electron chi connectivity index (χ0n) is 12.4. The summed E-state index contributed by atoms with van der Waals surface area (Å²) in [6.07, 6.45) is 0.635. The Labute approximate surface area is 131 Å². The van der Waals surface area contributed by atoms with E-state index in [1.165, 1.54) is 6.07 Å². The summed E-state index contributed by atoms with van der Waals surface area (Å²) in [6.45, 7) is 4.98. The maximum Gasteiger partial charge on any atom is 0.126 e. The molecule has 2 rings (SSSR count). The van der Waals surface area contributed by atoms with Crippen LogP contribution in [0.5, 0.6) is 0 Å². The van der Waals surface area contributed by atoms with Crippen LogP contribution in [0.3, 0.4) is 0 Å². The third-order valence-corrected chi connectivity index (χ3v) is 3.89. The minimum Gasteiger partial charge on any atom is -0.314 e. The van der Waals surface area contributed by atoms with Gasteiger partial charge in [0.05, 0.1) is 0 Å². The van der Waals surface area contributed by atoms with Crippen molar-refractivity contribution in [1.29, 1.82) is 0 Å². The van der Waals surface area contributed by atoms with Crippen LogP contribution in [0, 0.1) is 5.82 Å². The maximum absolute atomic E-state index is 13.9. The number of hydrogen-bond acceptors (Lipinski definition) is 1. The number of hydrogen-bond donors (Lipinski definition) is 1. The van der Waals surface area contributed by atoms with Crippen LogP contribution in [0.15, 0.2) is 48.5 Å². The average Bonchev–Trinajstić information content (AvgIpc) is 2.46. The molecule has 2 aromatic rings. The molecule has 0 aliphatic carbocycles. The average molecular weight is 306 g/mol. The van der Waals surface area contributed by atoms with Crippen molar-refractivity contribution in [3.63, 3.8) is 0 Å². The molecule has 1 atom stereocenters. The Hall–Kier alpha value is -1.38. The van der Waals surface area contributed by atoms with Gasteiger partial charge in [0.25, 0.3) is 0 Å². The topological polar surface area (TPSA) is 12.0 Å². The normalized spacial score (nSPS) is 12.6. The van der Waals surface area contributed by atoms with Gasteiger partial charge in [0.2, 0.25) is 0 Å². The molecule has 0 bridgehead atoms. The van der Waals surface area contributed by atoms with Gasteiger partial charge in [-0.25, -0.2) is 4.39 Å². The van der Waals surface area contributed by atoms with E-state index in [0.29, 0.717) is 12.5 Å². The van der Waals surface area contributed by atoms with Crippen molar-refractivity contribution in [2.75, 3.05) is 6.54 Å². The third-order valence-electron chi connectivity index (χ3n) is 3.54. The molecule has 0 aromatic heterocycles. The van der Waals surface area contributed by atoms with Crippen LogP contribution in [0.25, 0.3) is 0 Å². The highest BCUT2D eigenvalue weighted by Crippen LogP contribution is 2.28. The van der Waals surface area contributed by atoms with Gasteiger partial charge in [-0.05, 0) is 29.7 Å². The molecule has 0 spiro atoms. The van der Waals surface area contributed by atoms with E-state index in [2.05, 4.69) is 19.2 Å². The van der Waals surface area contributed by atoms with Gasteiger partial charge in [-0.1, -0.05) is 61.8 Å². The van der Waals surface area contributed by atoms with E-state index in [1.54, 1.807) is 6.07 Å². The first-order valence-corrected chi connectivity index (χ1v) is 7.67. The summed E-state index contributed by atoms with van der Waals surface area (Å²) >= 11 is 6.32. The summed E-state index contributed by atoms with van der Waals surface area (Å²) in [5.74, 6) is -0.00268. The van der Waals surface area contributed by atoms with Crippen LogP contribution in [0.4, 0.5) is 4.39 Å². The molecule has 0 aliphatic rings. The Morgan fingerprint density at radius 3 is 2.38 bits per heavy atom. The van der Waals surface area contributed by atoms with E-state index in [0.717, 1.165) is 22.7 Å². The summed E-state index contributed by atoms with van der Waals surface area (Å²) < 4.78 is 13.9. The first-order valence-electron chi connectivity index (χ1n) is 7.29. The van der Waals surface area contributed by atoms with Gasteiger partial charge in [-0.15, -0.1) is 0 Å². The molecule has 0 radical (unpaired) electrons. The second-order valence-corrected chi connectivity index (χ2v) is 5.98. The van der Waals surface area contributed by atoms with Crippen molar-refractivity contribution < 1.29 is 4.39 Å². The largest absolute Gasteiger partial charge is 0.314 e. The van der Waals surface area contributed by atoms with Crippen LogP contribution in [-0.2, 0) is 6.42 Å². The van der Waals surface area contributed by atoms with Crippen LogP contribution in [-0.4, -0.2) is 12.6 Å². The standard InChI is InChI=1S/C18H21ClFN/c1-13(2)21-12-15(16-8-4-5-9-17(16)19)11-14-7-3-6-10-18(14)20/h3-10,13,15,21H,11-12H2,1-2H3. The van der Waals surface area contributed by atoms with E-state index >= 15 is 0 Å². The van der Waals surface area contributed by atoms with Gasteiger partial charge in [-0.3, -0.25) is 0 Å². The lowest BCUT2D eigenvalue weighted by Gasteiger charge is -2.21. The Bertz CT molecular complexity index is 583. The molecule has 0 fully saturated rings. The Morgan fingerprint density at radius 1 is 1.05 bits per heavy atom. The van der Waals surface area contributed by atoms with Crippen molar-refractivity contribution >= 4 is 11.6 Å². The highest BCUT2D eigenvalue weighted by atomic mass is 35.5. The van der Waals surface area contributed by atoms with Gasteiger partial charge >= 0.3 is 0 Å². The lowest BCUT2D eigenvalue weighted by atomic mass is 9.91. The first kappa shape index (κ1) is 16.0. The molecule has 0 aliphatic heterocycles. The highest BCUT2D eigenvalue weighted by molar-refractivity contribution is 6.31. The monoisotopic (exact) mass is 305 g/mol. The van der Waals surface area contributed by atoms with Gasteiger partial charge in [0, 0.05) is 23.5 Å². The lowest BCUT2D eigenvalue weighted by Crippen LogP contribution is -2.29. The van der Waals surface area contributed by atoms with Gasteiger partial charge in [-0.2, -0.15) is 0 Å². The van der Waals surface area contributed by atoms with Crippen molar-refractivity contribution in [1.82, 2.24) is 5.32 Å². The first-order chi connectivity index (χ1) is 10.1. The third kappa shape index (κ3) is 4.55. The molecule has 1 unspecified atom stereocenters. The SMILES string of the molecule is CC(C)NCC(Cc1ccccc1F)c1ccccc1Cl. The van der Waals surface area contributed by atoms with Crippen molar-refractivity contribution in [3.8, 4) is 0 Å². The summed E-state index contributed by atoms with van der Waals surface area (Å²) in [5.41, 5.74) is 1.79.